The van der Waals surface area contributed by atoms with Crippen LogP contribution < -0.4 is 10.6 Å². The first-order valence-electron chi connectivity index (χ1n) is 5.78. The van der Waals surface area contributed by atoms with Gasteiger partial charge >= 0.3 is 6.03 Å². The molecule has 0 aromatic heterocycles. The molecule has 1 fully saturated rings. The SMILES string of the molecule is NCCN1CCCN(c2ccc(O)cc2)C1=O. The van der Waals surface area contributed by atoms with E-state index in [1.165, 1.54) is 0 Å². The smallest absolute Gasteiger partial charge is 0.324 e. The molecule has 0 unspecified atom stereocenters. The van der Waals surface area contributed by atoms with Crippen molar-refractivity contribution in [1.29, 1.82) is 0 Å². The third-order valence-electron chi connectivity index (χ3n) is 2.87. The number of phenolic OH excluding ortho intramolecular Hbond substituents is 1. The molecule has 1 heterocycles. The van der Waals surface area contributed by atoms with Crippen LogP contribution in [0, 0.1) is 0 Å². The minimum Gasteiger partial charge on any atom is -0.508 e. The summed E-state index contributed by atoms with van der Waals surface area (Å²) >= 11 is 0. The molecule has 1 aromatic carbocycles. The Kier molecular flexibility index (Phi) is 3.49. The predicted octanol–water partition coefficient (Wildman–Crippen LogP) is 0.983. The average Bonchev–Trinajstić information content (AvgIpc) is 2.34. The number of benzene rings is 1. The van der Waals surface area contributed by atoms with E-state index < -0.39 is 0 Å². The number of nitrogens with two attached hydrogens (primary N) is 1. The van der Waals surface area contributed by atoms with E-state index in [4.69, 9.17) is 5.73 Å². The van der Waals surface area contributed by atoms with Crippen LogP contribution in [0.5, 0.6) is 5.75 Å². The van der Waals surface area contributed by atoms with E-state index >= 15 is 0 Å². The van der Waals surface area contributed by atoms with Crippen molar-refractivity contribution < 1.29 is 9.90 Å². The highest BCUT2D eigenvalue weighted by atomic mass is 16.3. The maximum absolute atomic E-state index is 12.1. The molecule has 17 heavy (non-hydrogen) atoms. The zero-order valence-electron chi connectivity index (χ0n) is 9.67. The summed E-state index contributed by atoms with van der Waals surface area (Å²) in [7, 11) is 0. The number of carbonyl (C=O) groups excluding carboxylic acids is 1. The third kappa shape index (κ3) is 2.50. The van der Waals surface area contributed by atoms with Gasteiger partial charge in [0, 0.05) is 31.9 Å². The van der Waals surface area contributed by atoms with Crippen LogP contribution in [-0.2, 0) is 0 Å². The molecule has 1 aliphatic rings. The van der Waals surface area contributed by atoms with Crippen LogP contribution in [0.2, 0.25) is 0 Å². The number of aromatic hydroxyl groups is 1. The van der Waals surface area contributed by atoms with Crippen LogP contribution >= 0.6 is 0 Å². The summed E-state index contributed by atoms with van der Waals surface area (Å²) < 4.78 is 0. The molecular weight excluding hydrogens is 218 g/mol. The van der Waals surface area contributed by atoms with Gasteiger partial charge in [-0.05, 0) is 30.7 Å². The Hall–Kier alpha value is -1.75. The van der Waals surface area contributed by atoms with Gasteiger partial charge in [0.05, 0.1) is 0 Å². The Morgan fingerprint density at radius 3 is 2.59 bits per heavy atom. The highest BCUT2D eigenvalue weighted by Crippen LogP contribution is 2.22. The van der Waals surface area contributed by atoms with Gasteiger partial charge in [0.25, 0.3) is 0 Å². The van der Waals surface area contributed by atoms with Gasteiger partial charge < -0.3 is 15.7 Å². The first-order valence-corrected chi connectivity index (χ1v) is 5.78. The van der Waals surface area contributed by atoms with Crippen molar-refractivity contribution in [3.63, 3.8) is 0 Å². The van der Waals surface area contributed by atoms with Gasteiger partial charge in [-0.3, -0.25) is 4.90 Å². The molecule has 0 bridgehead atoms. The number of amides is 2. The van der Waals surface area contributed by atoms with Crippen LogP contribution in [0.25, 0.3) is 0 Å². The molecule has 0 radical (unpaired) electrons. The maximum Gasteiger partial charge on any atom is 0.324 e. The molecule has 5 nitrogen and oxygen atoms in total. The molecule has 92 valence electrons. The minimum atomic E-state index is -0.00705. The first-order chi connectivity index (χ1) is 8.22. The molecule has 2 rings (SSSR count). The lowest BCUT2D eigenvalue weighted by atomic mass is 10.2. The quantitative estimate of drug-likeness (QED) is 0.820. The Labute approximate surface area is 100 Å². The third-order valence-corrected chi connectivity index (χ3v) is 2.87. The molecule has 0 spiro atoms. The number of hydrogen-bond acceptors (Lipinski definition) is 3. The van der Waals surface area contributed by atoms with Crippen molar-refractivity contribution in [3.05, 3.63) is 24.3 Å². The zero-order valence-corrected chi connectivity index (χ0v) is 9.67. The van der Waals surface area contributed by atoms with E-state index in [0.29, 0.717) is 19.6 Å². The second kappa shape index (κ2) is 5.05. The fraction of sp³-hybridized carbons (Fsp3) is 0.417. The number of phenols is 1. The number of carbonyl (C=O) groups is 1. The molecule has 0 atom stereocenters. The van der Waals surface area contributed by atoms with Crippen molar-refractivity contribution in [3.8, 4) is 5.75 Å². The number of nitrogens with zero attached hydrogens (tertiary/aromatic N) is 2. The summed E-state index contributed by atoms with van der Waals surface area (Å²) in [5.41, 5.74) is 6.29. The van der Waals surface area contributed by atoms with E-state index in [1.54, 1.807) is 34.1 Å². The summed E-state index contributed by atoms with van der Waals surface area (Å²) in [4.78, 5) is 15.6. The van der Waals surface area contributed by atoms with Crippen molar-refractivity contribution in [2.24, 2.45) is 5.73 Å². The summed E-state index contributed by atoms with van der Waals surface area (Å²) in [6.45, 7) is 2.55. The van der Waals surface area contributed by atoms with Gasteiger partial charge in [-0.25, -0.2) is 4.79 Å². The monoisotopic (exact) mass is 235 g/mol. The number of anilines is 1. The molecule has 1 aromatic rings. The van der Waals surface area contributed by atoms with E-state index in [1.807, 2.05) is 0 Å². The normalized spacial score (nSPS) is 16.4. The standard InChI is InChI=1S/C12H17N3O2/c13-6-9-14-7-1-8-15(12(14)17)10-2-4-11(16)5-3-10/h2-5,16H,1,6-9,13H2. The maximum atomic E-state index is 12.1. The van der Waals surface area contributed by atoms with Gasteiger partial charge in [-0.1, -0.05) is 0 Å². The van der Waals surface area contributed by atoms with Crippen LogP contribution in [0.15, 0.2) is 24.3 Å². The molecule has 0 aliphatic carbocycles. The van der Waals surface area contributed by atoms with Crippen molar-refractivity contribution >= 4 is 11.7 Å². The van der Waals surface area contributed by atoms with Crippen LogP contribution in [0.3, 0.4) is 0 Å². The van der Waals surface area contributed by atoms with Gasteiger partial charge in [-0.2, -0.15) is 0 Å². The summed E-state index contributed by atoms with van der Waals surface area (Å²) in [6.07, 6.45) is 0.937. The van der Waals surface area contributed by atoms with Crippen LogP contribution in [0.4, 0.5) is 10.5 Å². The lowest BCUT2D eigenvalue weighted by molar-refractivity contribution is 0.197. The molecule has 1 saturated heterocycles. The van der Waals surface area contributed by atoms with E-state index in [2.05, 4.69) is 0 Å². The van der Waals surface area contributed by atoms with Gasteiger partial charge in [-0.15, -0.1) is 0 Å². The second-order valence-corrected chi connectivity index (χ2v) is 4.08. The first kappa shape index (κ1) is 11.7. The fourth-order valence-electron chi connectivity index (χ4n) is 2.02. The largest absolute Gasteiger partial charge is 0.508 e. The lowest BCUT2D eigenvalue weighted by Gasteiger charge is -2.35. The van der Waals surface area contributed by atoms with Gasteiger partial charge in [0.1, 0.15) is 5.75 Å². The zero-order chi connectivity index (χ0) is 12.3. The minimum absolute atomic E-state index is 0.00705. The molecular formula is C12H17N3O2. The molecule has 0 saturated carbocycles. The van der Waals surface area contributed by atoms with Crippen molar-refractivity contribution in [2.45, 2.75) is 6.42 Å². The number of urea groups is 1. The summed E-state index contributed by atoms with van der Waals surface area (Å²) in [5, 5.41) is 9.23. The molecule has 5 heteroatoms. The predicted molar refractivity (Wildman–Crippen MR) is 66.1 cm³/mol. The van der Waals surface area contributed by atoms with Gasteiger partial charge in [0.15, 0.2) is 0 Å². The molecule has 2 amide bonds. The van der Waals surface area contributed by atoms with Crippen LogP contribution in [0.1, 0.15) is 6.42 Å². The van der Waals surface area contributed by atoms with E-state index in [-0.39, 0.29) is 11.8 Å². The van der Waals surface area contributed by atoms with Crippen molar-refractivity contribution in [2.75, 3.05) is 31.1 Å². The number of hydrogen-bond donors (Lipinski definition) is 2. The Bertz CT molecular complexity index is 389. The average molecular weight is 235 g/mol. The van der Waals surface area contributed by atoms with E-state index in [9.17, 15) is 9.90 Å². The van der Waals surface area contributed by atoms with E-state index in [0.717, 1.165) is 18.7 Å². The fourth-order valence-corrected chi connectivity index (χ4v) is 2.02. The summed E-state index contributed by atoms with van der Waals surface area (Å²) in [5.74, 6) is 0.206. The molecule has 3 N–H and O–H groups in total. The lowest BCUT2D eigenvalue weighted by Crippen LogP contribution is -2.50. The Morgan fingerprint density at radius 2 is 1.94 bits per heavy atom. The number of rotatable bonds is 3. The highest BCUT2D eigenvalue weighted by molar-refractivity contribution is 5.92. The van der Waals surface area contributed by atoms with Crippen molar-refractivity contribution in [1.82, 2.24) is 4.90 Å². The van der Waals surface area contributed by atoms with Gasteiger partial charge in [0.2, 0.25) is 0 Å². The highest BCUT2D eigenvalue weighted by Gasteiger charge is 2.25. The second-order valence-electron chi connectivity index (χ2n) is 4.08. The summed E-state index contributed by atoms with van der Waals surface area (Å²) in [6, 6.07) is 6.67. The molecule has 1 aliphatic heterocycles. The topological polar surface area (TPSA) is 69.8 Å². The Balaban J connectivity index is 2.14. The Morgan fingerprint density at radius 1 is 1.24 bits per heavy atom. The van der Waals surface area contributed by atoms with Crippen LogP contribution in [-0.4, -0.2) is 42.2 Å².